The second-order valence-electron chi connectivity index (χ2n) is 6.03. The number of hydrogen-bond acceptors (Lipinski definition) is 3. The van der Waals surface area contributed by atoms with Gasteiger partial charge in [0, 0.05) is 23.1 Å². The van der Waals surface area contributed by atoms with E-state index >= 15 is 0 Å². The summed E-state index contributed by atoms with van der Waals surface area (Å²) >= 11 is 2.07. The summed E-state index contributed by atoms with van der Waals surface area (Å²) in [7, 11) is 1.91. The smallest absolute Gasteiger partial charge is 0.224 e. The quantitative estimate of drug-likeness (QED) is 0.668. The van der Waals surface area contributed by atoms with Crippen LogP contribution in [0.2, 0.25) is 0 Å². The number of thioether (sulfide) groups is 1. The summed E-state index contributed by atoms with van der Waals surface area (Å²) in [6, 6.07) is 8.29. The van der Waals surface area contributed by atoms with Crippen molar-refractivity contribution in [3.8, 4) is 0 Å². The normalized spacial score (nSPS) is 15.0. The van der Waals surface area contributed by atoms with Crippen LogP contribution >= 0.6 is 24.2 Å². The number of carbonyl (C=O) groups is 1. The van der Waals surface area contributed by atoms with Gasteiger partial charge in [0.15, 0.2) is 0 Å². The van der Waals surface area contributed by atoms with Crippen LogP contribution in [0.25, 0.3) is 0 Å². The predicted molar refractivity (Wildman–Crippen MR) is 104 cm³/mol. The molecule has 1 saturated carbocycles. The van der Waals surface area contributed by atoms with E-state index in [4.69, 9.17) is 0 Å². The standard InChI is InChI=1S/C18H28N2OS.ClH/c1-19-12-6-11-18(21)20-16-8-5-7-15(13-16)14-22-17-9-3-2-4-10-17;/h5,7-8,13,17,19H,2-4,6,9-12,14H2,1H3,(H,20,21);1H. The number of nitrogens with one attached hydrogen (secondary N) is 2. The molecule has 0 saturated heterocycles. The topological polar surface area (TPSA) is 41.1 Å². The molecule has 1 fully saturated rings. The van der Waals surface area contributed by atoms with Gasteiger partial charge in [-0.05, 0) is 50.6 Å². The number of halogens is 1. The van der Waals surface area contributed by atoms with Gasteiger partial charge in [0.1, 0.15) is 0 Å². The number of benzene rings is 1. The minimum absolute atomic E-state index is 0. The van der Waals surface area contributed by atoms with Gasteiger partial charge in [-0.15, -0.1) is 12.4 Å². The molecule has 23 heavy (non-hydrogen) atoms. The fraction of sp³-hybridized carbons (Fsp3) is 0.611. The Morgan fingerprint density at radius 2 is 2.04 bits per heavy atom. The summed E-state index contributed by atoms with van der Waals surface area (Å²) in [5.74, 6) is 1.15. The lowest BCUT2D eigenvalue weighted by molar-refractivity contribution is -0.116. The van der Waals surface area contributed by atoms with Crippen LogP contribution in [-0.4, -0.2) is 24.7 Å². The third-order valence-electron chi connectivity index (χ3n) is 4.08. The van der Waals surface area contributed by atoms with Crippen molar-refractivity contribution in [1.82, 2.24) is 5.32 Å². The molecule has 3 nitrogen and oxygen atoms in total. The zero-order chi connectivity index (χ0) is 15.6. The SMILES string of the molecule is CNCCCC(=O)Nc1cccc(CSC2CCCCC2)c1.Cl. The first kappa shape index (κ1) is 20.3. The maximum atomic E-state index is 11.9. The number of amides is 1. The molecule has 2 rings (SSSR count). The van der Waals surface area contributed by atoms with Gasteiger partial charge in [0.25, 0.3) is 0 Å². The Hall–Kier alpha value is -0.710. The van der Waals surface area contributed by atoms with Crippen molar-refractivity contribution in [1.29, 1.82) is 0 Å². The summed E-state index contributed by atoms with van der Waals surface area (Å²) < 4.78 is 0. The molecule has 1 aliphatic carbocycles. The number of hydrogen-bond donors (Lipinski definition) is 2. The van der Waals surface area contributed by atoms with Crippen LogP contribution in [0, 0.1) is 0 Å². The van der Waals surface area contributed by atoms with E-state index in [1.807, 2.05) is 19.2 Å². The Morgan fingerprint density at radius 3 is 2.78 bits per heavy atom. The Labute approximate surface area is 150 Å². The first-order chi connectivity index (χ1) is 10.8. The lowest BCUT2D eigenvalue weighted by Crippen LogP contribution is -2.15. The molecule has 0 unspecified atom stereocenters. The van der Waals surface area contributed by atoms with Crippen LogP contribution in [-0.2, 0) is 10.5 Å². The highest BCUT2D eigenvalue weighted by atomic mass is 35.5. The van der Waals surface area contributed by atoms with Gasteiger partial charge in [0.05, 0.1) is 0 Å². The second-order valence-corrected chi connectivity index (χ2v) is 7.32. The molecule has 0 radical (unpaired) electrons. The van der Waals surface area contributed by atoms with Crippen LogP contribution < -0.4 is 10.6 Å². The molecule has 0 bridgehead atoms. The predicted octanol–water partition coefficient (Wildman–Crippen LogP) is 4.61. The highest BCUT2D eigenvalue weighted by Crippen LogP contribution is 2.30. The van der Waals surface area contributed by atoms with Gasteiger partial charge in [-0.1, -0.05) is 31.4 Å². The third-order valence-corrected chi connectivity index (χ3v) is 5.52. The fourth-order valence-electron chi connectivity index (χ4n) is 2.83. The Balaban J connectivity index is 0.00000264. The van der Waals surface area contributed by atoms with Crippen LogP contribution in [0.3, 0.4) is 0 Å². The third kappa shape index (κ3) is 8.09. The molecule has 5 heteroatoms. The van der Waals surface area contributed by atoms with Crippen LogP contribution in [0.15, 0.2) is 24.3 Å². The molecule has 0 aromatic heterocycles. The maximum Gasteiger partial charge on any atom is 0.224 e. The highest BCUT2D eigenvalue weighted by Gasteiger charge is 2.13. The number of rotatable bonds is 8. The Morgan fingerprint density at radius 1 is 1.26 bits per heavy atom. The van der Waals surface area contributed by atoms with Gasteiger partial charge in [0.2, 0.25) is 5.91 Å². The monoisotopic (exact) mass is 356 g/mol. The van der Waals surface area contributed by atoms with Gasteiger partial charge in [-0.25, -0.2) is 0 Å². The minimum atomic E-state index is 0. The van der Waals surface area contributed by atoms with Crippen molar-refractivity contribution >= 4 is 35.8 Å². The van der Waals surface area contributed by atoms with Gasteiger partial charge in [-0.2, -0.15) is 11.8 Å². The van der Waals surface area contributed by atoms with E-state index in [0.29, 0.717) is 6.42 Å². The average molecular weight is 357 g/mol. The van der Waals surface area contributed by atoms with E-state index in [1.54, 1.807) is 0 Å². The molecule has 0 atom stereocenters. The number of anilines is 1. The largest absolute Gasteiger partial charge is 0.326 e. The van der Waals surface area contributed by atoms with Crippen molar-refractivity contribution in [2.75, 3.05) is 18.9 Å². The summed E-state index contributed by atoms with van der Waals surface area (Å²) in [6.45, 7) is 0.880. The molecule has 2 N–H and O–H groups in total. The minimum Gasteiger partial charge on any atom is -0.326 e. The van der Waals surface area contributed by atoms with Crippen molar-refractivity contribution in [2.24, 2.45) is 0 Å². The molecule has 1 amide bonds. The first-order valence-corrected chi connectivity index (χ1v) is 9.48. The summed E-state index contributed by atoms with van der Waals surface area (Å²) in [6.07, 6.45) is 8.37. The molecule has 0 heterocycles. The van der Waals surface area contributed by atoms with E-state index in [9.17, 15) is 4.79 Å². The van der Waals surface area contributed by atoms with E-state index in [2.05, 4.69) is 34.5 Å². The van der Waals surface area contributed by atoms with Crippen molar-refractivity contribution in [3.05, 3.63) is 29.8 Å². The maximum absolute atomic E-state index is 11.9. The fourth-order valence-corrected chi connectivity index (χ4v) is 4.11. The van der Waals surface area contributed by atoms with Gasteiger partial charge in [-0.3, -0.25) is 4.79 Å². The number of carbonyl (C=O) groups excluding carboxylic acids is 1. The Bertz CT molecular complexity index is 464. The van der Waals surface area contributed by atoms with E-state index < -0.39 is 0 Å². The molecule has 130 valence electrons. The first-order valence-electron chi connectivity index (χ1n) is 8.43. The molecular weight excluding hydrogens is 328 g/mol. The highest BCUT2D eigenvalue weighted by molar-refractivity contribution is 7.99. The zero-order valence-electron chi connectivity index (χ0n) is 14.0. The average Bonchev–Trinajstić information content (AvgIpc) is 2.54. The Kier molecular flexibility index (Phi) is 10.4. The zero-order valence-corrected chi connectivity index (χ0v) is 15.6. The summed E-state index contributed by atoms with van der Waals surface area (Å²) in [5, 5.41) is 6.89. The second kappa shape index (κ2) is 11.8. The summed E-state index contributed by atoms with van der Waals surface area (Å²) in [5.41, 5.74) is 2.24. The van der Waals surface area contributed by atoms with Crippen molar-refractivity contribution in [3.63, 3.8) is 0 Å². The molecule has 0 aliphatic heterocycles. The summed E-state index contributed by atoms with van der Waals surface area (Å²) in [4.78, 5) is 11.9. The van der Waals surface area contributed by atoms with Crippen LogP contribution in [0.5, 0.6) is 0 Å². The van der Waals surface area contributed by atoms with E-state index in [1.165, 1.54) is 37.7 Å². The lowest BCUT2D eigenvalue weighted by Gasteiger charge is -2.21. The van der Waals surface area contributed by atoms with E-state index in [0.717, 1.165) is 29.7 Å². The van der Waals surface area contributed by atoms with Crippen molar-refractivity contribution < 1.29 is 4.79 Å². The lowest BCUT2D eigenvalue weighted by atomic mass is 10.0. The molecular formula is C18H29ClN2OS. The van der Waals surface area contributed by atoms with Crippen LogP contribution in [0.4, 0.5) is 5.69 Å². The van der Waals surface area contributed by atoms with Gasteiger partial charge >= 0.3 is 0 Å². The van der Waals surface area contributed by atoms with Gasteiger partial charge < -0.3 is 10.6 Å². The molecule has 1 aromatic rings. The van der Waals surface area contributed by atoms with Crippen LogP contribution in [0.1, 0.15) is 50.5 Å². The molecule has 1 aromatic carbocycles. The molecule has 1 aliphatic rings. The molecule has 0 spiro atoms. The van der Waals surface area contributed by atoms with E-state index in [-0.39, 0.29) is 18.3 Å². The van der Waals surface area contributed by atoms with Crippen molar-refractivity contribution in [2.45, 2.75) is 55.9 Å².